The van der Waals surface area contributed by atoms with Gasteiger partial charge in [-0.1, -0.05) is 18.2 Å². The van der Waals surface area contributed by atoms with Gasteiger partial charge < -0.3 is 20.4 Å². The minimum absolute atomic E-state index is 0.216. The predicted molar refractivity (Wildman–Crippen MR) is 112 cm³/mol. The first kappa shape index (κ1) is 18.0. The van der Waals surface area contributed by atoms with Crippen LogP contribution in [-0.4, -0.2) is 43.2 Å². The molecule has 2 aromatic carbocycles. The van der Waals surface area contributed by atoms with Crippen molar-refractivity contribution in [3.8, 4) is 0 Å². The van der Waals surface area contributed by atoms with Crippen LogP contribution in [0.3, 0.4) is 0 Å². The summed E-state index contributed by atoms with van der Waals surface area (Å²) in [6, 6.07) is 16.6. The van der Waals surface area contributed by atoms with Gasteiger partial charge in [0.1, 0.15) is 17.8 Å². The van der Waals surface area contributed by atoms with Crippen molar-refractivity contribution in [3.05, 3.63) is 66.7 Å². The average Bonchev–Trinajstić information content (AvgIpc) is 2.75. The Morgan fingerprint density at radius 2 is 1.54 bits per heavy atom. The second-order valence-corrected chi connectivity index (χ2v) is 6.78. The van der Waals surface area contributed by atoms with Gasteiger partial charge >= 0.3 is 0 Å². The molecule has 2 N–H and O–H groups in total. The molecule has 28 heavy (non-hydrogen) atoms. The SMILES string of the molecule is CN(c1ccccc1)c1ncnc(N2CCN(c3ccc(F)cc3)CC2)c1N. The zero-order chi connectivity index (χ0) is 19.5. The minimum atomic E-state index is -0.216. The number of aromatic nitrogens is 2. The maximum atomic E-state index is 13.1. The Kier molecular flexibility index (Phi) is 4.97. The summed E-state index contributed by atoms with van der Waals surface area (Å²) >= 11 is 0. The van der Waals surface area contributed by atoms with Gasteiger partial charge in [0.25, 0.3) is 0 Å². The molecule has 6 nitrogen and oxygen atoms in total. The van der Waals surface area contributed by atoms with E-state index in [1.807, 2.05) is 54.4 Å². The molecule has 7 heteroatoms. The lowest BCUT2D eigenvalue weighted by molar-refractivity contribution is 0.624. The third kappa shape index (κ3) is 3.55. The molecule has 3 aromatic rings. The molecule has 0 radical (unpaired) electrons. The molecular formula is C21H23FN6. The van der Waals surface area contributed by atoms with Crippen molar-refractivity contribution in [3.63, 3.8) is 0 Å². The van der Waals surface area contributed by atoms with Crippen molar-refractivity contribution in [2.24, 2.45) is 0 Å². The summed E-state index contributed by atoms with van der Waals surface area (Å²) in [4.78, 5) is 15.2. The molecule has 0 atom stereocenters. The number of anilines is 5. The van der Waals surface area contributed by atoms with Crippen molar-refractivity contribution in [1.82, 2.24) is 9.97 Å². The van der Waals surface area contributed by atoms with Crippen LogP contribution in [0.2, 0.25) is 0 Å². The van der Waals surface area contributed by atoms with E-state index in [9.17, 15) is 4.39 Å². The summed E-state index contributed by atoms with van der Waals surface area (Å²) in [5.74, 6) is 1.23. The van der Waals surface area contributed by atoms with Crippen LogP contribution < -0.4 is 20.4 Å². The van der Waals surface area contributed by atoms with Gasteiger partial charge in [-0.2, -0.15) is 0 Å². The normalized spacial score (nSPS) is 14.2. The van der Waals surface area contributed by atoms with Gasteiger partial charge in [-0.05, 0) is 36.4 Å². The van der Waals surface area contributed by atoms with Crippen LogP contribution in [0, 0.1) is 5.82 Å². The fourth-order valence-corrected chi connectivity index (χ4v) is 3.50. The number of hydrogen-bond donors (Lipinski definition) is 1. The summed E-state index contributed by atoms with van der Waals surface area (Å²) in [5.41, 5.74) is 9.07. The number of halogens is 1. The number of nitrogens with two attached hydrogens (primary N) is 1. The third-order valence-electron chi connectivity index (χ3n) is 5.07. The summed E-state index contributed by atoms with van der Waals surface area (Å²) in [7, 11) is 1.95. The molecule has 1 saturated heterocycles. The van der Waals surface area contributed by atoms with Crippen molar-refractivity contribution in [2.45, 2.75) is 0 Å². The number of piperazine rings is 1. The standard InChI is InChI=1S/C21H23FN6/c1-26(17-5-3-2-4-6-17)20-19(23)21(25-15-24-20)28-13-11-27(12-14-28)18-9-7-16(22)8-10-18/h2-10,15H,11-14,23H2,1H3. The number of rotatable bonds is 4. The number of para-hydroxylation sites is 1. The molecule has 1 aliphatic rings. The predicted octanol–water partition coefficient (Wildman–Crippen LogP) is 3.29. The van der Waals surface area contributed by atoms with E-state index >= 15 is 0 Å². The minimum Gasteiger partial charge on any atom is -0.393 e. The van der Waals surface area contributed by atoms with Crippen molar-refractivity contribution >= 4 is 28.7 Å². The monoisotopic (exact) mass is 378 g/mol. The molecule has 0 unspecified atom stereocenters. The van der Waals surface area contributed by atoms with Crippen LogP contribution in [0.5, 0.6) is 0 Å². The lowest BCUT2D eigenvalue weighted by Crippen LogP contribution is -2.47. The highest BCUT2D eigenvalue weighted by molar-refractivity contribution is 5.79. The zero-order valence-electron chi connectivity index (χ0n) is 15.8. The van der Waals surface area contributed by atoms with E-state index in [-0.39, 0.29) is 5.82 Å². The van der Waals surface area contributed by atoms with E-state index in [1.165, 1.54) is 12.1 Å². The molecule has 144 valence electrons. The highest BCUT2D eigenvalue weighted by atomic mass is 19.1. The Morgan fingerprint density at radius 3 is 2.21 bits per heavy atom. The molecule has 1 aliphatic heterocycles. The van der Waals surface area contributed by atoms with Gasteiger partial charge in [-0.3, -0.25) is 0 Å². The van der Waals surface area contributed by atoms with Crippen molar-refractivity contribution in [2.75, 3.05) is 53.7 Å². The Bertz CT molecular complexity index is 923. The smallest absolute Gasteiger partial charge is 0.161 e. The van der Waals surface area contributed by atoms with E-state index < -0.39 is 0 Å². The lowest BCUT2D eigenvalue weighted by atomic mass is 10.2. The van der Waals surface area contributed by atoms with Gasteiger partial charge in [0.15, 0.2) is 11.6 Å². The Balaban J connectivity index is 1.50. The van der Waals surface area contributed by atoms with E-state index in [0.29, 0.717) is 11.5 Å². The number of nitrogens with zero attached hydrogens (tertiary/aromatic N) is 5. The number of hydrogen-bond acceptors (Lipinski definition) is 6. The molecule has 0 spiro atoms. The largest absolute Gasteiger partial charge is 0.393 e. The highest BCUT2D eigenvalue weighted by Crippen LogP contribution is 2.32. The van der Waals surface area contributed by atoms with Crippen molar-refractivity contribution < 1.29 is 4.39 Å². The number of nitrogen functional groups attached to an aromatic ring is 1. The lowest BCUT2D eigenvalue weighted by Gasteiger charge is -2.37. The van der Waals surface area contributed by atoms with Gasteiger partial charge in [-0.15, -0.1) is 0 Å². The third-order valence-corrected chi connectivity index (χ3v) is 5.07. The zero-order valence-corrected chi connectivity index (χ0v) is 15.8. The quantitative estimate of drug-likeness (QED) is 0.752. The van der Waals surface area contributed by atoms with Crippen LogP contribution in [0.15, 0.2) is 60.9 Å². The second-order valence-electron chi connectivity index (χ2n) is 6.78. The average molecular weight is 378 g/mol. The molecular weight excluding hydrogens is 355 g/mol. The van der Waals surface area contributed by atoms with E-state index in [1.54, 1.807) is 6.33 Å². The molecule has 2 heterocycles. The summed E-state index contributed by atoms with van der Waals surface area (Å²) in [6.07, 6.45) is 1.56. The summed E-state index contributed by atoms with van der Waals surface area (Å²) in [5, 5.41) is 0. The molecule has 1 aromatic heterocycles. The van der Waals surface area contributed by atoms with Crippen LogP contribution in [0.25, 0.3) is 0 Å². The molecule has 4 rings (SSSR count). The maximum Gasteiger partial charge on any atom is 0.161 e. The molecule has 0 amide bonds. The first-order valence-corrected chi connectivity index (χ1v) is 9.28. The van der Waals surface area contributed by atoms with E-state index in [2.05, 4.69) is 19.8 Å². The molecule has 0 saturated carbocycles. The van der Waals surface area contributed by atoms with Crippen LogP contribution in [0.4, 0.5) is 33.1 Å². The summed E-state index contributed by atoms with van der Waals surface area (Å²) in [6.45, 7) is 3.21. The second kappa shape index (κ2) is 7.72. The van der Waals surface area contributed by atoms with Gasteiger partial charge in [-0.25, -0.2) is 14.4 Å². The topological polar surface area (TPSA) is 61.5 Å². The van der Waals surface area contributed by atoms with Gasteiger partial charge in [0, 0.05) is 44.6 Å². The Labute approximate surface area is 164 Å². The van der Waals surface area contributed by atoms with Crippen LogP contribution in [-0.2, 0) is 0 Å². The van der Waals surface area contributed by atoms with Crippen molar-refractivity contribution in [1.29, 1.82) is 0 Å². The Morgan fingerprint density at radius 1 is 0.893 bits per heavy atom. The first-order valence-electron chi connectivity index (χ1n) is 9.28. The highest BCUT2D eigenvalue weighted by Gasteiger charge is 2.22. The van der Waals surface area contributed by atoms with Crippen LogP contribution in [0.1, 0.15) is 0 Å². The fourth-order valence-electron chi connectivity index (χ4n) is 3.50. The maximum absolute atomic E-state index is 13.1. The van der Waals surface area contributed by atoms with Gasteiger partial charge in [0.2, 0.25) is 0 Å². The molecule has 0 bridgehead atoms. The van der Waals surface area contributed by atoms with E-state index in [4.69, 9.17) is 5.73 Å². The van der Waals surface area contributed by atoms with E-state index in [0.717, 1.165) is 43.4 Å². The Hall–Kier alpha value is -3.35. The van der Waals surface area contributed by atoms with Crippen LogP contribution >= 0.6 is 0 Å². The first-order chi connectivity index (χ1) is 13.6. The number of benzene rings is 2. The molecule has 1 fully saturated rings. The molecule has 0 aliphatic carbocycles. The summed E-state index contributed by atoms with van der Waals surface area (Å²) < 4.78 is 13.1. The van der Waals surface area contributed by atoms with Gasteiger partial charge in [0.05, 0.1) is 0 Å². The fraction of sp³-hybridized carbons (Fsp3) is 0.238.